The zero-order chi connectivity index (χ0) is 15.9. The number of rotatable bonds is 5. The van der Waals surface area contributed by atoms with E-state index < -0.39 is 0 Å². The highest BCUT2D eigenvalue weighted by Crippen LogP contribution is 2.21. The largest absolute Gasteiger partial charge is 0.325 e. The zero-order valence-corrected chi connectivity index (χ0v) is 13.8. The van der Waals surface area contributed by atoms with Crippen molar-refractivity contribution in [3.05, 3.63) is 60.2 Å². The smallest absolute Gasteiger partial charge is 0.260 e. The van der Waals surface area contributed by atoms with Gasteiger partial charge in [0.15, 0.2) is 0 Å². The first-order valence-electron chi connectivity index (χ1n) is 6.99. The molecule has 2 aromatic carbocycles. The molecule has 22 heavy (non-hydrogen) atoms. The van der Waals surface area contributed by atoms with Crippen molar-refractivity contribution in [3.63, 3.8) is 0 Å². The van der Waals surface area contributed by atoms with Crippen molar-refractivity contribution < 1.29 is 9.59 Å². The van der Waals surface area contributed by atoms with Crippen molar-refractivity contribution in [2.45, 2.75) is 6.92 Å². The number of nitrogens with zero attached hydrogens (tertiary/aromatic N) is 1. The number of para-hydroxylation sites is 2. The summed E-state index contributed by atoms with van der Waals surface area (Å²) in [5.41, 5.74) is 1.82. The number of nitrogens with one attached hydrogen (secondary N) is 1. The molecule has 114 valence electrons. The molecule has 2 amide bonds. The van der Waals surface area contributed by atoms with E-state index in [1.54, 1.807) is 29.2 Å². The summed E-state index contributed by atoms with van der Waals surface area (Å²) in [5.74, 6) is -0.331. The fraction of sp³-hybridized carbons (Fsp3) is 0.176. The van der Waals surface area contributed by atoms with Crippen LogP contribution in [0, 0.1) is 0 Å². The van der Waals surface area contributed by atoms with E-state index in [2.05, 4.69) is 21.2 Å². The molecule has 0 fully saturated rings. The van der Waals surface area contributed by atoms with Gasteiger partial charge in [0.25, 0.3) is 5.91 Å². The lowest BCUT2D eigenvalue weighted by atomic mass is 10.1. The van der Waals surface area contributed by atoms with Crippen molar-refractivity contribution in [3.8, 4) is 0 Å². The number of carbonyl (C=O) groups is 2. The molecule has 2 rings (SSSR count). The number of benzene rings is 2. The molecule has 0 saturated heterocycles. The van der Waals surface area contributed by atoms with Gasteiger partial charge in [-0.15, -0.1) is 0 Å². The summed E-state index contributed by atoms with van der Waals surface area (Å²) >= 11 is 3.11. The number of carbonyl (C=O) groups excluding carboxylic acids is 2. The van der Waals surface area contributed by atoms with Crippen LogP contribution in [0.25, 0.3) is 0 Å². The molecular formula is C17H17BrN2O2. The van der Waals surface area contributed by atoms with Crippen LogP contribution in [-0.2, 0) is 4.79 Å². The van der Waals surface area contributed by atoms with Gasteiger partial charge in [-0.2, -0.15) is 0 Å². The molecule has 0 spiro atoms. The molecule has 0 aliphatic carbocycles. The lowest BCUT2D eigenvalue weighted by Crippen LogP contribution is -2.31. The van der Waals surface area contributed by atoms with Crippen molar-refractivity contribution in [2.24, 2.45) is 0 Å². The third kappa shape index (κ3) is 3.74. The molecule has 4 nitrogen and oxygen atoms in total. The topological polar surface area (TPSA) is 49.4 Å². The third-order valence-electron chi connectivity index (χ3n) is 3.18. The Hall–Kier alpha value is -2.14. The van der Waals surface area contributed by atoms with E-state index in [1.807, 2.05) is 37.3 Å². The molecular weight excluding hydrogens is 344 g/mol. The maximum absolute atomic E-state index is 12.8. The fourth-order valence-corrected chi connectivity index (χ4v) is 2.30. The summed E-state index contributed by atoms with van der Waals surface area (Å²) in [6, 6.07) is 16.5. The highest BCUT2D eigenvalue weighted by Gasteiger charge is 2.19. The number of anilines is 2. The van der Waals surface area contributed by atoms with Gasteiger partial charge in [0.1, 0.15) is 0 Å². The second kappa shape index (κ2) is 7.75. The Labute approximate surface area is 138 Å². The van der Waals surface area contributed by atoms with E-state index in [4.69, 9.17) is 0 Å². The van der Waals surface area contributed by atoms with E-state index in [0.717, 1.165) is 5.69 Å². The second-order valence-corrected chi connectivity index (χ2v) is 5.17. The Morgan fingerprint density at radius 1 is 1.05 bits per heavy atom. The van der Waals surface area contributed by atoms with Gasteiger partial charge in [-0.05, 0) is 31.2 Å². The maximum atomic E-state index is 12.8. The first-order chi connectivity index (χ1) is 10.7. The summed E-state index contributed by atoms with van der Waals surface area (Å²) in [7, 11) is 0. The van der Waals surface area contributed by atoms with E-state index in [9.17, 15) is 9.59 Å². The molecule has 0 atom stereocenters. The minimum Gasteiger partial charge on any atom is -0.325 e. The van der Waals surface area contributed by atoms with Crippen molar-refractivity contribution in [1.29, 1.82) is 0 Å². The van der Waals surface area contributed by atoms with Crippen molar-refractivity contribution in [1.82, 2.24) is 0 Å². The van der Waals surface area contributed by atoms with Crippen molar-refractivity contribution in [2.75, 3.05) is 22.1 Å². The lowest BCUT2D eigenvalue weighted by molar-refractivity contribution is -0.113. The highest BCUT2D eigenvalue weighted by atomic mass is 79.9. The van der Waals surface area contributed by atoms with Crippen molar-refractivity contribution >= 4 is 39.1 Å². The third-order valence-corrected chi connectivity index (χ3v) is 3.69. The highest BCUT2D eigenvalue weighted by molar-refractivity contribution is 9.09. The SMILES string of the molecule is CCN(C(=O)c1ccccc1NC(=O)CBr)c1ccccc1. The van der Waals surface area contributed by atoms with E-state index in [1.165, 1.54) is 0 Å². The predicted octanol–water partition coefficient (Wildman–Crippen LogP) is 3.69. The van der Waals surface area contributed by atoms with Gasteiger partial charge < -0.3 is 10.2 Å². The Morgan fingerprint density at radius 2 is 1.68 bits per heavy atom. The molecule has 2 aromatic rings. The van der Waals surface area contributed by atoms with Crippen LogP contribution in [0.5, 0.6) is 0 Å². The predicted molar refractivity (Wildman–Crippen MR) is 92.7 cm³/mol. The van der Waals surface area contributed by atoms with Crippen LogP contribution >= 0.6 is 15.9 Å². The number of halogens is 1. The van der Waals surface area contributed by atoms with Gasteiger partial charge in [0, 0.05) is 12.2 Å². The molecule has 0 aliphatic rings. The van der Waals surface area contributed by atoms with Gasteiger partial charge >= 0.3 is 0 Å². The van der Waals surface area contributed by atoms with E-state index in [-0.39, 0.29) is 17.1 Å². The molecule has 0 aliphatic heterocycles. The number of amides is 2. The molecule has 0 aromatic heterocycles. The number of hydrogen-bond donors (Lipinski definition) is 1. The molecule has 0 radical (unpaired) electrons. The average Bonchev–Trinajstić information content (AvgIpc) is 2.56. The number of hydrogen-bond acceptors (Lipinski definition) is 2. The Morgan fingerprint density at radius 3 is 2.32 bits per heavy atom. The van der Waals surface area contributed by atoms with Crippen LogP contribution in [0.3, 0.4) is 0 Å². The first kappa shape index (κ1) is 16.2. The lowest BCUT2D eigenvalue weighted by Gasteiger charge is -2.22. The molecule has 0 heterocycles. The van der Waals surface area contributed by atoms with Gasteiger partial charge in [0.2, 0.25) is 5.91 Å². The van der Waals surface area contributed by atoms with Gasteiger partial charge in [-0.3, -0.25) is 9.59 Å². The van der Waals surface area contributed by atoms with Crippen LogP contribution in [0.15, 0.2) is 54.6 Å². The Balaban J connectivity index is 2.34. The van der Waals surface area contributed by atoms with Crippen LogP contribution in [0.1, 0.15) is 17.3 Å². The quantitative estimate of drug-likeness (QED) is 0.826. The maximum Gasteiger partial charge on any atom is 0.260 e. The van der Waals surface area contributed by atoms with Gasteiger partial charge in [-0.25, -0.2) is 0 Å². The van der Waals surface area contributed by atoms with E-state index >= 15 is 0 Å². The van der Waals surface area contributed by atoms with Crippen LogP contribution in [-0.4, -0.2) is 23.7 Å². The second-order valence-electron chi connectivity index (χ2n) is 4.61. The summed E-state index contributed by atoms with van der Waals surface area (Å²) < 4.78 is 0. The van der Waals surface area contributed by atoms with Crippen LogP contribution < -0.4 is 10.2 Å². The average molecular weight is 361 g/mol. The number of alkyl halides is 1. The first-order valence-corrected chi connectivity index (χ1v) is 8.11. The molecule has 0 unspecified atom stereocenters. The van der Waals surface area contributed by atoms with Gasteiger partial charge in [-0.1, -0.05) is 46.3 Å². The summed E-state index contributed by atoms with van der Waals surface area (Å²) in [5, 5.41) is 2.92. The van der Waals surface area contributed by atoms with Gasteiger partial charge in [0.05, 0.1) is 16.6 Å². The molecule has 0 saturated carbocycles. The minimum absolute atomic E-state index is 0.140. The van der Waals surface area contributed by atoms with Crippen LogP contribution in [0.2, 0.25) is 0 Å². The minimum atomic E-state index is -0.192. The Bertz CT molecular complexity index is 659. The summed E-state index contributed by atoms with van der Waals surface area (Å²) in [4.78, 5) is 26.1. The standard InChI is InChI=1S/C17H17BrN2O2/c1-2-20(13-8-4-3-5-9-13)17(22)14-10-6-7-11-15(14)19-16(21)12-18/h3-11H,2,12H2,1H3,(H,19,21). The fourth-order valence-electron chi connectivity index (χ4n) is 2.16. The zero-order valence-electron chi connectivity index (χ0n) is 12.3. The monoisotopic (exact) mass is 360 g/mol. The summed E-state index contributed by atoms with van der Waals surface area (Å²) in [6.45, 7) is 2.47. The molecule has 1 N–H and O–H groups in total. The van der Waals surface area contributed by atoms with Crippen LogP contribution in [0.4, 0.5) is 11.4 Å². The normalized spacial score (nSPS) is 10.1. The Kier molecular flexibility index (Phi) is 5.72. The summed E-state index contributed by atoms with van der Waals surface area (Å²) in [6.07, 6.45) is 0. The van der Waals surface area contributed by atoms with E-state index in [0.29, 0.717) is 17.8 Å². The molecule has 0 bridgehead atoms. The molecule has 5 heteroatoms.